The van der Waals surface area contributed by atoms with Crippen LogP contribution >= 0.6 is 0 Å². The third-order valence-electron chi connectivity index (χ3n) is 7.56. The Hall–Kier alpha value is -5.74. The van der Waals surface area contributed by atoms with Gasteiger partial charge in [0.1, 0.15) is 0 Å². The fourth-order valence-corrected chi connectivity index (χ4v) is 5.45. The van der Waals surface area contributed by atoms with Crippen LogP contribution in [0.5, 0.6) is 0 Å². The standard InChI is InChI=1S/C39H28N4/c1-27-13-12-24-41-39(27)38-22-11-20-35(43-38)33-26-30(28-14-4-2-5-15-28)32(25-31(33)29-16-6-3-7-17-29)34-19-10-21-37(42-34)36-18-8-9-23-40-36/h2-26H,1H3. The molecule has 3 aromatic carbocycles. The van der Waals surface area contributed by atoms with Crippen molar-refractivity contribution >= 4 is 0 Å². The van der Waals surface area contributed by atoms with Gasteiger partial charge in [-0.25, -0.2) is 9.97 Å². The number of nitrogens with zero attached hydrogens (tertiary/aromatic N) is 4. The Morgan fingerprint density at radius 3 is 1.47 bits per heavy atom. The molecule has 0 saturated heterocycles. The molecule has 7 aromatic rings. The van der Waals surface area contributed by atoms with Crippen molar-refractivity contribution in [1.29, 1.82) is 0 Å². The van der Waals surface area contributed by atoms with Crippen LogP contribution in [0.1, 0.15) is 5.56 Å². The lowest BCUT2D eigenvalue weighted by molar-refractivity contribution is 1.21. The number of hydrogen-bond acceptors (Lipinski definition) is 4. The van der Waals surface area contributed by atoms with Gasteiger partial charge in [0.15, 0.2) is 0 Å². The highest BCUT2D eigenvalue weighted by Gasteiger charge is 2.18. The Kier molecular flexibility index (Phi) is 7.08. The minimum absolute atomic E-state index is 0.836. The molecule has 0 amide bonds. The van der Waals surface area contributed by atoms with E-state index in [-0.39, 0.29) is 0 Å². The summed E-state index contributed by atoms with van der Waals surface area (Å²) in [7, 11) is 0. The lowest BCUT2D eigenvalue weighted by Gasteiger charge is -2.18. The fraction of sp³-hybridized carbons (Fsp3) is 0.0256. The van der Waals surface area contributed by atoms with Crippen LogP contribution in [0.2, 0.25) is 0 Å². The van der Waals surface area contributed by atoms with Gasteiger partial charge in [0.05, 0.1) is 34.2 Å². The third-order valence-corrected chi connectivity index (χ3v) is 7.56. The highest BCUT2D eigenvalue weighted by Crippen LogP contribution is 2.42. The first-order valence-corrected chi connectivity index (χ1v) is 14.3. The van der Waals surface area contributed by atoms with Crippen molar-refractivity contribution in [2.45, 2.75) is 6.92 Å². The Bertz CT molecular complexity index is 2020. The molecule has 4 nitrogen and oxygen atoms in total. The molecule has 204 valence electrons. The van der Waals surface area contributed by atoms with Gasteiger partial charge in [-0.15, -0.1) is 0 Å². The molecular weight excluding hydrogens is 524 g/mol. The summed E-state index contributed by atoms with van der Waals surface area (Å²) in [5, 5.41) is 0. The van der Waals surface area contributed by atoms with Gasteiger partial charge in [-0.05, 0) is 89.3 Å². The van der Waals surface area contributed by atoms with Gasteiger partial charge in [0, 0.05) is 23.5 Å². The minimum Gasteiger partial charge on any atom is -0.255 e. The summed E-state index contributed by atoms with van der Waals surface area (Å²) in [6.07, 6.45) is 3.62. The van der Waals surface area contributed by atoms with Gasteiger partial charge in [-0.1, -0.05) is 84.9 Å². The zero-order chi connectivity index (χ0) is 29.0. The van der Waals surface area contributed by atoms with Crippen molar-refractivity contribution in [1.82, 2.24) is 19.9 Å². The predicted octanol–water partition coefficient (Wildman–Crippen LogP) is 9.58. The molecule has 0 aliphatic heterocycles. The van der Waals surface area contributed by atoms with Gasteiger partial charge in [0.25, 0.3) is 0 Å². The summed E-state index contributed by atoms with van der Waals surface area (Å²) in [5.41, 5.74) is 12.8. The van der Waals surface area contributed by atoms with Crippen LogP contribution in [0.3, 0.4) is 0 Å². The third kappa shape index (κ3) is 5.34. The van der Waals surface area contributed by atoms with Gasteiger partial charge < -0.3 is 0 Å². The van der Waals surface area contributed by atoms with Crippen LogP contribution in [0, 0.1) is 6.92 Å². The molecule has 4 heteroatoms. The molecule has 0 aliphatic carbocycles. The van der Waals surface area contributed by atoms with Crippen LogP contribution in [0.25, 0.3) is 67.5 Å². The number of aryl methyl sites for hydroxylation is 1. The van der Waals surface area contributed by atoms with E-state index in [0.29, 0.717) is 0 Å². The Labute approximate surface area is 251 Å². The van der Waals surface area contributed by atoms with Crippen molar-refractivity contribution in [3.05, 3.63) is 157 Å². The smallest absolute Gasteiger partial charge is 0.0915 e. The van der Waals surface area contributed by atoms with E-state index >= 15 is 0 Å². The van der Waals surface area contributed by atoms with Crippen molar-refractivity contribution in [3.8, 4) is 67.5 Å². The number of rotatable bonds is 6. The quantitative estimate of drug-likeness (QED) is 0.206. The van der Waals surface area contributed by atoms with E-state index in [1.165, 1.54) is 0 Å². The molecule has 4 aromatic heterocycles. The molecule has 0 spiro atoms. The molecule has 0 fully saturated rings. The average Bonchev–Trinajstić information content (AvgIpc) is 3.09. The molecule has 0 atom stereocenters. The average molecular weight is 553 g/mol. The maximum Gasteiger partial charge on any atom is 0.0915 e. The van der Waals surface area contributed by atoms with E-state index in [1.54, 1.807) is 6.20 Å². The van der Waals surface area contributed by atoms with E-state index < -0.39 is 0 Å². The maximum atomic E-state index is 5.16. The summed E-state index contributed by atoms with van der Waals surface area (Å²) in [6.45, 7) is 2.07. The summed E-state index contributed by atoms with van der Waals surface area (Å²) >= 11 is 0. The fourth-order valence-electron chi connectivity index (χ4n) is 5.45. The molecule has 0 radical (unpaired) electrons. The second-order valence-electron chi connectivity index (χ2n) is 10.4. The topological polar surface area (TPSA) is 51.6 Å². The van der Waals surface area contributed by atoms with Crippen molar-refractivity contribution in [2.24, 2.45) is 0 Å². The molecule has 0 N–H and O–H groups in total. The zero-order valence-corrected chi connectivity index (χ0v) is 23.7. The first kappa shape index (κ1) is 26.2. The summed E-state index contributed by atoms with van der Waals surface area (Å²) in [6, 6.07) is 47.7. The molecular formula is C39H28N4. The normalized spacial score (nSPS) is 10.9. The highest BCUT2D eigenvalue weighted by atomic mass is 14.8. The highest BCUT2D eigenvalue weighted by molar-refractivity contribution is 5.94. The number of aromatic nitrogens is 4. The van der Waals surface area contributed by atoms with Crippen molar-refractivity contribution in [2.75, 3.05) is 0 Å². The maximum absolute atomic E-state index is 5.16. The number of pyridine rings is 4. The zero-order valence-electron chi connectivity index (χ0n) is 23.7. The summed E-state index contributed by atoms with van der Waals surface area (Å²) < 4.78 is 0. The largest absolute Gasteiger partial charge is 0.255 e. The van der Waals surface area contributed by atoms with Crippen molar-refractivity contribution < 1.29 is 0 Å². The van der Waals surface area contributed by atoms with Gasteiger partial charge in [-0.2, -0.15) is 0 Å². The van der Waals surface area contributed by atoms with Crippen LogP contribution in [-0.4, -0.2) is 19.9 Å². The summed E-state index contributed by atoms with van der Waals surface area (Å²) in [5.74, 6) is 0. The van der Waals surface area contributed by atoms with Crippen LogP contribution < -0.4 is 0 Å². The van der Waals surface area contributed by atoms with Crippen molar-refractivity contribution in [3.63, 3.8) is 0 Å². The van der Waals surface area contributed by atoms with Gasteiger partial charge in [-0.3, -0.25) is 9.97 Å². The van der Waals surface area contributed by atoms with E-state index in [2.05, 4.69) is 108 Å². The molecule has 0 unspecified atom stereocenters. The number of hydrogen-bond donors (Lipinski definition) is 0. The molecule has 4 heterocycles. The Morgan fingerprint density at radius 2 is 0.884 bits per heavy atom. The van der Waals surface area contributed by atoms with Crippen LogP contribution in [0.4, 0.5) is 0 Å². The second kappa shape index (κ2) is 11.6. The molecule has 0 bridgehead atoms. The van der Waals surface area contributed by atoms with Crippen LogP contribution in [0.15, 0.2) is 152 Å². The van der Waals surface area contributed by atoms with Gasteiger partial charge >= 0.3 is 0 Å². The lowest BCUT2D eigenvalue weighted by atomic mass is 9.88. The Balaban J connectivity index is 1.49. The predicted molar refractivity (Wildman–Crippen MR) is 175 cm³/mol. The number of benzene rings is 3. The van der Waals surface area contributed by atoms with E-state index in [9.17, 15) is 0 Å². The second-order valence-corrected chi connectivity index (χ2v) is 10.4. The van der Waals surface area contributed by atoms with Crippen LogP contribution in [-0.2, 0) is 0 Å². The monoisotopic (exact) mass is 552 g/mol. The van der Waals surface area contributed by atoms with E-state index in [1.807, 2.05) is 54.7 Å². The molecule has 43 heavy (non-hydrogen) atoms. The van der Waals surface area contributed by atoms with E-state index in [0.717, 1.165) is 73.1 Å². The molecule has 0 saturated carbocycles. The molecule has 0 aliphatic rings. The summed E-state index contributed by atoms with van der Waals surface area (Å²) in [4.78, 5) is 19.5. The van der Waals surface area contributed by atoms with Gasteiger partial charge in [0.2, 0.25) is 0 Å². The first-order chi connectivity index (χ1) is 21.2. The SMILES string of the molecule is Cc1cccnc1-c1cccc(-c2cc(-c3ccccc3)c(-c3cccc(-c4ccccn4)n3)cc2-c2ccccc2)n1. The Morgan fingerprint density at radius 1 is 0.372 bits per heavy atom. The first-order valence-electron chi connectivity index (χ1n) is 14.3. The minimum atomic E-state index is 0.836. The lowest BCUT2D eigenvalue weighted by Crippen LogP contribution is -1.97. The molecule has 7 rings (SSSR count). The van der Waals surface area contributed by atoms with E-state index in [4.69, 9.17) is 9.97 Å².